The second-order valence-electron chi connectivity index (χ2n) is 5.34. The van der Waals surface area contributed by atoms with Crippen LogP contribution in [0.15, 0.2) is 53.4 Å². The van der Waals surface area contributed by atoms with Crippen LogP contribution in [-0.2, 0) is 22.1 Å². The molecule has 0 unspecified atom stereocenters. The Balaban J connectivity index is 1.74. The second-order valence-corrected chi connectivity index (χ2v) is 6.84. The Morgan fingerprint density at radius 1 is 1.09 bits per heavy atom. The van der Waals surface area contributed by atoms with Crippen LogP contribution in [0.4, 0.5) is 0 Å². The van der Waals surface area contributed by atoms with Gasteiger partial charge in [0.15, 0.2) is 0 Å². The van der Waals surface area contributed by atoms with E-state index in [0.717, 1.165) is 21.8 Å². The highest BCUT2D eigenvalue weighted by Gasteiger charge is 2.11. The maximum atomic E-state index is 12.2. The van der Waals surface area contributed by atoms with Gasteiger partial charge in [-0.15, -0.1) is 0 Å². The van der Waals surface area contributed by atoms with E-state index in [0.29, 0.717) is 6.61 Å². The van der Waals surface area contributed by atoms with Gasteiger partial charge in [-0.3, -0.25) is 4.21 Å². The summed E-state index contributed by atoms with van der Waals surface area (Å²) in [5.41, 5.74) is 2.12. The predicted octanol–water partition coefficient (Wildman–Crippen LogP) is 2.69. The minimum atomic E-state index is -1.22. The molecule has 0 amide bonds. The summed E-state index contributed by atoms with van der Waals surface area (Å²) in [4.78, 5) is 0.727. The van der Waals surface area contributed by atoms with E-state index in [1.165, 1.54) is 0 Å². The molecule has 1 N–H and O–H groups in total. The van der Waals surface area contributed by atoms with Gasteiger partial charge in [-0.2, -0.15) is 0 Å². The largest absolute Gasteiger partial charge is 0.497 e. The van der Waals surface area contributed by atoms with Gasteiger partial charge in [-0.25, -0.2) is 0 Å². The van der Waals surface area contributed by atoms with Crippen molar-refractivity contribution in [1.82, 2.24) is 0 Å². The molecule has 0 aromatic heterocycles. The zero-order valence-electron chi connectivity index (χ0n) is 13.4. The number of aliphatic hydroxyl groups is 1. The van der Waals surface area contributed by atoms with E-state index in [-0.39, 0.29) is 12.4 Å². The van der Waals surface area contributed by atoms with Crippen molar-refractivity contribution in [2.45, 2.75) is 24.5 Å². The molecule has 2 atom stereocenters. The van der Waals surface area contributed by atoms with Gasteiger partial charge in [-0.05, 0) is 36.8 Å². The summed E-state index contributed by atoms with van der Waals surface area (Å²) in [5.74, 6) is 0.966. The van der Waals surface area contributed by atoms with Crippen molar-refractivity contribution in [1.29, 1.82) is 0 Å². The van der Waals surface area contributed by atoms with Crippen LogP contribution in [0, 0.1) is 6.92 Å². The van der Waals surface area contributed by atoms with Gasteiger partial charge in [0.1, 0.15) is 5.75 Å². The molecule has 0 heterocycles. The normalized spacial score (nSPS) is 13.5. The van der Waals surface area contributed by atoms with Crippen LogP contribution in [-0.4, -0.2) is 34.9 Å². The van der Waals surface area contributed by atoms with E-state index in [1.54, 1.807) is 7.11 Å². The van der Waals surface area contributed by atoms with Crippen LogP contribution >= 0.6 is 0 Å². The first-order valence-electron chi connectivity index (χ1n) is 7.42. The highest BCUT2D eigenvalue weighted by Crippen LogP contribution is 2.13. The summed E-state index contributed by atoms with van der Waals surface area (Å²) in [6.07, 6.45) is -0.754. The van der Waals surface area contributed by atoms with Crippen molar-refractivity contribution < 1.29 is 18.8 Å². The third kappa shape index (κ3) is 5.78. The Hall–Kier alpha value is -1.69. The quantitative estimate of drug-likeness (QED) is 0.806. The van der Waals surface area contributed by atoms with Crippen molar-refractivity contribution in [2.75, 3.05) is 19.5 Å². The van der Waals surface area contributed by atoms with Gasteiger partial charge < -0.3 is 14.6 Å². The monoisotopic (exact) mass is 334 g/mol. The molecule has 2 rings (SSSR count). The number of benzene rings is 2. The molecule has 0 bridgehead atoms. The minimum absolute atomic E-state index is 0.156. The molecule has 2 aromatic rings. The molecule has 0 aliphatic rings. The number of aliphatic hydroxyl groups excluding tert-OH is 1. The third-order valence-corrected chi connectivity index (χ3v) is 4.85. The number of rotatable bonds is 8. The van der Waals surface area contributed by atoms with Gasteiger partial charge in [0.05, 0.1) is 43.0 Å². The Morgan fingerprint density at radius 3 is 2.35 bits per heavy atom. The van der Waals surface area contributed by atoms with Gasteiger partial charge in [0.25, 0.3) is 0 Å². The third-order valence-electron chi connectivity index (χ3n) is 3.37. The summed E-state index contributed by atoms with van der Waals surface area (Å²) in [5, 5.41) is 9.96. The first-order chi connectivity index (χ1) is 11.1. The van der Waals surface area contributed by atoms with Crippen LogP contribution in [0.1, 0.15) is 11.1 Å². The predicted molar refractivity (Wildman–Crippen MR) is 91.1 cm³/mol. The Bertz CT molecular complexity index is 622. The van der Waals surface area contributed by atoms with Gasteiger partial charge in [-0.1, -0.05) is 29.8 Å². The number of ether oxygens (including phenoxy) is 2. The first-order valence-corrected chi connectivity index (χ1v) is 8.74. The zero-order valence-corrected chi connectivity index (χ0v) is 14.2. The summed E-state index contributed by atoms with van der Waals surface area (Å²) >= 11 is 0. The lowest BCUT2D eigenvalue weighted by molar-refractivity contribution is 0.0394. The molecule has 23 heavy (non-hydrogen) atoms. The van der Waals surface area contributed by atoms with E-state index < -0.39 is 16.9 Å². The fraction of sp³-hybridized carbons (Fsp3) is 0.333. The van der Waals surface area contributed by atoms with Gasteiger partial charge >= 0.3 is 0 Å². The molecule has 124 valence electrons. The molecule has 2 aromatic carbocycles. The average Bonchev–Trinajstić information content (AvgIpc) is 2.56. The lowest BCUT2D eigenvalue weighted by Gasteiger charge is -2.11. The van der Waals surface area contributed by atoms with Gasteiger partial charge in [0, 0.05) is 4.90 Å². The summed E-state index contributed by atoms with van der Waals surface area (Å²) < 4.78 is 22.7. The number of methoxy groups -OCH3 is 1. The number of aryl methyl sites for hydroxylation is 1. The van der Waals surface area contributed by atoms with Gasteiger partial charge in [0.2, 0.25) is 0 Å². The molecule has 0 radical (unpaired) electrons. The van der Waals surface area contributed by atoms with E-state index in [2.05, 4.69) is 0 Å². The van der Waals surface area contributed by atoms with Crippen LogP contribution in [0.3, 0.4) is 0 Å². The SMILES string of the molecule is COc1ccc(COC[C@@H](O)C[S@](=O)c2ccc(C)cc2)cc1. The maximum absolute atomic E-state index is 12.2. The summed E-state index contributed by atoms with van der Waals surface area (Å²) in [7, 11) is 0.400. The van der Waals surface area contributed by atoms with Crippen molar-refractivity contribution in [2.24, 2.45) is 0 Å². The van der Waals surface area contributed by atoms with E-state index in [9.17, 15) is 9.32 Å². The second kappa shape index (κ2) is 8.82. The molecule has 0 spiro atoms. The Morgan fingerprint density at radius 2 is 1.74 bits per heavy atom. The molecular formula is C18H22O4S. The van der Waals surface area contributed by atoms with Crippen LogP contribution in [0.5, 0.6) is 5.75 Å². The molecule has 0 saturated carbocycles. The van der Waals surface area contributed by atoms with Crippen LogP contribution < -0.4 is 4.74 Å². The van der Waals surface area contributed by atoms with Crippen molar-refractivity contribution in [3.8, 4) is 5.75 Å². The van der Waals surface area contributed by atoms with E-state index >= 15 is 0 Å². The van der Waals surface area contributed by atoms with E-state index in [4.69, 9.17) is 9.47 Å². The minimum Gasteiger partial charge on any atom is -0.497 e. The molecule has 0 aliphatic carbocycles. The van der Waals surface area contributed by atoms with Crippen molar-refractivity contribution >= 4 is 10.8 Å². The van der Waals surface area contributed by atoms with E-state index in [1.807, 2.05) is 55.5 Å². The lowest BCUT2D eigenvalue weighted by Crippen LogP contribution is -2.22. The zero-order chi connectivity index (χ0) is 16.7. The topological polar surface area (TPSA) is 55.8 Å². The molecular weight excluding hydrogens is 312 g/mol. The fourth-order valence-corrected chi connectivity index (χ4v) is 3.12. The highest BCUT2D eigenvalue weighted by atomic mass is 32.2. The maximum Gasteiger partial charge on any atom is 0.118 e. The van der Waals surface area contributed by atoms with Crippen molar-refractivity contribution in [3.63, 3.8) is 0 Å². The molecule has 0 saturated heterocycles. The Kier molecular flexibility index (Phi) is 6.77. The molecule has 4 nitrogen and oxygen atoms in total. The summed E-state index contributed by atoms with van der Waals surface area (Å²) in [6.45, 7) is 2.54. The Labute approximate surface area is 139 Å². The number of hydrogen-bond donors (Lipinski definition) is 1. The molecule has 0 aliphatic heterocycles. The fourth-order valence-electron chi connectivity index (χ4n) is 2.04. The first kappa shape index (κ1) is 17.7. The average molecular weight is 334 g/mol. The molecule has 0 fully saturated rings. The smallest absolute Gasteiger partial charge is 0.118 e. The molecule has 5 heteroatoms. The lowest BCUT2D eigenvalue weighted by atomic mass is 10.2. The van der Waals surface area contributed by atoms with Crippen LogP contribution in [0.25, 0.3) is 0 Å². The standard InChI is InChI=1S/C18H22O4S/c1-14-3-9-18(10-4-14)23(20)13-16(19)12-22-11-15-5-7-17(21-2)8-6-15/h3-10,16,19H,11-13H2,1-2H3/t16-,23+/m1/s1. The number of hydrogen-bond acceptors (Lipinski definition) is 4. The van der Waals surface area contributed by atoms with Crippen molar-refractivity contribution in [3.05, 3.63) is 59.7 Å². The van der Waals surface area contributed by atoms with Crippen LogP contribution in [0.2, 0.25) is 0 Å². The summed E-state index contributed by atoms with van der Waals surface area (Å²) in [6, 6.07) is 15.0. The highest BCUT2D eigenvalue weighted by molar-refractivity contribution is 7.85.